The first kappa shape index (κ1) is 40.7. The first-order chi connectivity index (χ1) is 20.4. The van der Waals surface area contributed by atoms with E-state index in [1.165, 1.54) is 27.7 Å². The van der Waals surface area contributed by atoms with Gasteiger partial charge in [0.25, 0.3) is 12.9 Å². The normalized spacial score (nSPS) is 15.6. The van der Waals surface area contributed by atoms with E-state index >= 15 is 0 Å². The lowest BCUT2D eigenvalue weighted by molar-refractivity contribution is -0.170. The Morgan fingerprint density at radius 2 is 0.795 bits per heavy atom. The van der Waals surface area contributed by atoms with E-state index in [4.69, 9.17) is 0 Å². The van der Waals surface area contributed by atoms with Crippen molar-refractivity contribution in [2.45, 2.75) is 118 Å². The summed E-state index contributed by atoms with van der Waals surface area (Å²) in [5.74, 6) is -14.4. The Kier molecular flexibility index (Phi) is 17.1. The lowest BCUT2D eigenvalue weighted by Crippen LogP contribution is -2.51. The van der Waals surface area contributed by atoms with E-state index < -0.39 is 134 Å². The highest BCUT2D eigenvalue weighted by Crippen LogP contribution is 2.47. The number of carbonyl (C=O) groups is 8. The van der Waals surface area contributed by atoms with Crippen LogP contribution in [-0.2, 0) is 38.4 Å². The molecule has 0 aliphatic heterocycles. The molecule has 14 heteroatoms. The van der Waals surface area contributed by atoms with E-state index in [2.05, 4.69) is 0 Å². The van der Waals surface area contributed by atoms with E-state index in [1.54, 1.807) is 0 Å². The highest BCUT2D eigenvalue weighted by molar-refractivity contribution is 6.06. The van der Waals surface area contributed by atoms with Gasteiger partial charge in [0.15, 0.2) is 0 Å². The van der Waals surface area contributed by atoms with Gasteiger partial charge in [0.2, 0.25) is 11.6 Å². The number of aliphatic carboxylic acids is 2. The molecule has 0 amide bonds. The molecule has 0 radical (unpaired) electrons. The van der Waals surface area contributed by atoms with Crippen LogP contribution in [0.25, 0.3) is 0 Å². The Hall–Kier alpha value is -3.32. The molecule has 4 unspecified atom stereocenters. The van der Waals surface area contributed by atoms with E-state index in [1.807, 2.05) is 0 Å². The molecule has 0 spiro atoms. The van der Waals surface area contributed by atoms with Crippen LogP contribution in [0.3, 0.4) is 0 Å². The summed E-state index contributed by atoms with van der Waals surface area (Å²) in [7, 11) is 0. The minimum atomic E-state index is -3.85. The van der Waals surface area contributed by atoms with Gasteiger partial charge < -0.3 is 10.2 Å². The molecule has 250 valence electrons. The first-order valence-corrected chi connectivity index (χ1v) is 14.6. The van der Waals surface area contributed by atoms with Crippen LogP contribution in [0.2, 0.25) is 0 Å². The van der Waals surface area contributed by atoms with E-state index in [0.29, 0.717) is 0 Å². The topological polar surface area (TPSA) is 177 Å². The smallest absolute Gasteiger partial charge is 0.317 e. The molecule has 0 rings (SSSR count). The van der Waals surface area contributed by atoms with Crippen LogP contribution < -0.4 is 0 Å². The number of alkyl halides is 4. The fraction of sp³-hybridized carbons (Fsp3) is 0.733. The van der Waals surface area contributed by atoms with E-state index in [0.717, 1.165) is 0 Å². The highest BCUT2D eigenvalue weighted by Gasteiger charge is 2.58. The van der Waals surface area contributed by atoms with Crippen molar-refractivity contribution in [1.29, 1.82) is 0 Å². The Labute approximate surface area is 253 Å². The summed E-state index contributed by atoms with van der Waals surface area (Å²) in [4.78, 5) is 100. The average molecular weight is 639 g/mol. The second kappa shape index (κ2) is 18.5. The van der Waals surface area contributed by atoms with Crippen molar-refractivity contribution >= 4 is 46.6 Å². The summed E-state index contributed by atoms with van der Waals surface area (Å²) in [6.07, 6.45) is -14.5. The minimum absolute atomic E-state index is 0.119. The molecule has 0 fully saturated rings. The molecule has 0 saturated heterocycles. The number of ketones is 6. The van der Waals surface area contributed by atoms with Crippen LogP contribution in [0.1, 0.15) is 105 Å². The number of carbonyl (C=O) groups excluding carboxylic acids is 6. The maximum Gasteiger partial charge on any atom is 0.317 e. The van der Waals surface area contributed by atoms with Gasteiger partial charge in [0.1, 0.15) is 34.0 Å². The van der Waals surface area contributed by atoms with Crippen molar-refractivity contribution in [3.05, 3.63) is 0 Å². The van der Waals surface area contributed by atoms with Gasteiger partial charge in [-0.05, 0) is 37.5 Å². The van der Waals surface area contributed by atoms with Gasteiger partial charge in [0.05, 0.1) is 0 Å². The van der Waals surface area contributed by atoms with Crippen molar-refractivity contribution in [3.63, 3.8) is 0 Å². The average Bonchev–Trinajstić information content (AvgIpc) is 2.97. The van der Waals surface area contributed by atoms with Gasteiger partial charge in [-0.1, -0.05) is 27.7 Å². The quantitative estimate of drug-likeness (QED) is 0.101. The van der Waals surface area contributed by atoms with Crippen LogP contribution in [-0.4, -0.2) is 69.7 Å². The number of hydrogen-bond donors (Lipinski definition) is 2. The molecular weight excluding hydrogens is 596 g/mol. The lowest BCUT2D eigenvalue weighted by Gasteiger charge is -2.39. The summed E-state index contributed by atoms with van der Waals surface area (Å²) >= 11 is 0. The van der Waals surface area contributed by atoms with Crippen molar-refractivity contribution < 1.29 is 66.1 Å². The molecule has 0 aliphatic carbocycles. The molecule has 0 bridgehead atoms. The van der Waals surface area contributed by atoms with Crippen molar-refractivity contribution in [1.82, 2.24) is 0 Å². The molecule has 4 atom stereocenters. The SMILES string of the molecule is CCC(=O)CCC(C(=O)O)(C(=O)C(F)F)C(CCC(CC(=O)CC)C(CCC(=O)CC)(C(=O)O)C(=O)C(F)F)CC(=O)CC. The number of rotatable bonds is 25. The van der Waals surface area contributed by atoms with Crippen molar-refractivity contribution in [3.8, 4) is 0 Å². The van der Waals surface area contributed by atoms with Crippen LogP contribution in [0.15, 0.2) is 0 Å². The zero-order chi connectivity index (χ0) is 34.4. The Morgan fingerprint density at radius 3 is 1.00 bits per heavy atom. The number of carboxylic acids is 2. The third-order valence-electron chi connectivity index (χ3n) is 8.42. The third kappa shape index (κ3) is 10.1. The zero-order valence-electron chi connectivity index (χ0n) is 25.5. The summed E-state index contributed by atoms with van der Waals surface area (Å²) < 4.78 is 55.7. The van der Waals surface area contributed by atoms with Crippen molar-refractivity contribution in [2.75, 3.05) is 0 Å². The van der Waals surface area contributed by atoms with Gasteiger partial charge in [-0.25, -0.2) is 17.6 Å². The minimum Gasteiger partial charge on any atom is -0.480 e. The summed E-state index contributed by atoms with van der Waals surface area (Å²) in [5, 5.41) is 20.4. The summed E-state index contributed by atoms with van der Waals surface area (Å²) in [5.41, 5.74) is -6.03. The van der Waals surface area contributed by atoms with E-state index in [9.17, 15) is 66.1 Å². The highest BCUT2D eigenvalue weighted by atomic mass is 19.3. The first-order valence-electron chi connectivity index (χ1n) is 14.6. The third-order valence-corrected chi connectivity index (χ3v) is 8.42. The van der Waals surface area contributed by atoms with Gasteiger partial charge >= 0.3 is 11.9 Å². The molecule has 0 aromatic carbocycles. The summed E-state index contributed by atoms with van der Waals surface area (Å²) in [6.45, 7) is 5.59. The number of Topliss-reactive ketones (excluding diaryl/α,β-unsaturated/α-hetero) is 6. The van der Waals surface area contributed by atoms with Crippen LogP contribution in [0.4, 0.5) is 17.6 Å². The van der Waals surface area contributed by atoms with E-state index in [-0.39, 0.29) is 25.7 Å². The fourth-order valence-corrected chi connectivity index (χ4v) is 5.53. The summed E-state index contributed by atoms with van der Waals surface area (Å²) in [6, 6.07) is 0. The Morgan fingerprint density at radius 1 is 0.523 bits per heavy atom. The molecule has 2 N–H and O–H groups in total. The van der Waals surface area contributed by atoms with Crippen LogP contribution in [0.5, 0.6) is 0 Å². The predicted octanol–water partition coefficient (Wildman–Crippen LogP) is 5.07. The van der Waals surface area contributed by atoms with Crippen molar-refractivity contribution in [2.24, 2.45) is 22.7 Å². The molecule has 10 nitrogen and oxygen atoms in total. The Bertz CT molecular complexity index is 1010. The molecule has 0 saturated carbocycles. The maximum absolute atomic E-state index is 13.9. The standard InChI is InChI=1S/C30H42F4O10/c1-5-19(35)11-13-29(27(41)42,23(39)25(31)32)17(15-21(37)7-3)9-10-18(16-22(38)8-4)30(28(43)44,24(40)26(33)34)14-12-20(36)6-2/h17-18,25-26H,5-16H2,1-4H3,(H,41,42)(H,43,44). The van der Waals surface area contributed by atoms with Crippen LogP contribution >= 0.6 is 0 Å². The van der Waals surface area contributed by atoms with Gasteiger partial charge in [-0.3, -0.25) is 38.4 Å². The second-order valence-corrected chi connectivity index (χ2v) is 10.8. The zero-order valence-corrected chi connectivity index (χ0v) is 25.5. The van der Waals surface area contributed by atoms with Gasteiger partial charge in [-0.15, -0.1) is 0 Å². The number of hydrogen-bond acceptors (Lipinski definition) is 8. The van der Waals surface area contributed by atoms with Crippen LogP contribution in [0, 0.1) is 22.7 Å². The monoisotopic (exact) mass is 638 g/mol. The lowest BCUT2D eigenvalue weighted by atomic mass is 9.61. The maximum atomic E-state index is 13.9. The van der Waals surface area contributed by atoms with Gasteiger partial charge in [-0.2, -0.15) is 0 Å². The fourth-order valence-electron chi connectivity index (χ4n) is 5.53. The molecule has 0 heterocycles. The number of halogens is 4. The largest absolute Gasteiger partial charge is 0.480 e. The second-order valence-electron chi connectivity index (χ2n) is 10.8. The number of carboxylic acid groups (broad SMARTS) is 2. The predicted molar refractivity (Wildman–Crippen MR) is 147 cm³/mol. The molecule has 0 aromatic heterocycles. The molecule has 0 aromatic rings. The Balaban J connectivity index is 7.36. The van der Waals surface area contributed by atoms with Gasteiger partial charge in [0, 0.05) is 51.4 Å². The molecule has 44 heavy (non-hydrogen) atoms. The molecule has 0 aliphatic rings. The molecular formula is C30H42F4O10.